The van der Waals surface area contributed by atoms with Crippen molar-refractivity contribution >= 4 is 26.0 Å². The van der Waals surface area contributed by atoms with Crippen molar-refractivity contribution in [2.24, 2.45) is 0 Å². The Hall–Kier alpha value is -0.850. The second kappa shape index (κ2) is 6.94. The molecule has 1 fully saturated rings. The second-order valence-electron chi connectivity index (χ2n) is 5.10. The van der Waals surface area contributed by atoms with Gasteiger partial charge in [-0.15, -0.1) is 6.58 Å². The fourth-order valence-electron chi connectivity index (χ4n) is 2.74. The van der Waals surface area contributed by atoms with Crippen LogP contribution in [0.25, 0.3) is 0 Å². The molecule has 0 saturated heterocycles. The first-order chi connectivity index (χ1) is 10.0. The zero-order valence-corrected chi connectivity index (χ0v) is 14.5. The Balaban J connectivity index is 2.47. The van der Waals surface area contributed by atoms with Crippen LogP contribution in [0.5, 0.6) is 5.75 Å². The zero-order chi connectivity index (χ0) is 15.5. The summed E-state index contributed by atoms with van der Waals surface area (Å²) >= 11 is 3.33. The van der Waals surface area contributed by atoms with E-state index in [1.54, 1.807) is 28.6 Å². The van der Waals surface area contributed by atoms with Gasteiger partial charge < -0.3 is 4.74 Å². The van der Waals surface area contributed by atoms with Crippen LogP contribution < -0.4 is 4.74 Å². The predicted octanol–water partition coefficient (Wildman–Crippen LogP) is 3.58. The number of hydrogen-bond acceptors (Lipinski definition) is 3. The van der Waals surface area contributed by atoms with Crippen LogP contribution in [0.4, 0.5) is 0 Å². The van der Waals surface area contributed by atoms with Crippen LogP contribution in [0.3, 0.4) is 0 Å². The summed E-state index contributed by atoms with van der Waals surface area (Å²) in [6, 6.07) is 5.08. The van der Waals surface area contributed by atoms with Crippen molar-refractivity contribution in [2.75, 3.05) is 13.7 Å². The highest BCUT2D eigenvalue weighted by Crippen LogP contribution is 2.33. The van der Waals surface area contributed by atoms with Crippen LogP contribution in [0.2, 0.25) is 0 Å². The smallest absolute Gasteiger partial charge is 0.247 e. The molecule has 0 N–H and O–H groups in total. The van der Waals surface area contributed by atoms with Gasteiger partial charge in [-0.1, -0.05) is 34.8 Å². The first-order valence-corrected chi connectivity index (χ1v) is 9.20. The highest BCUT2D eigenvalue weighted by molar-refractivity contribution is 9.10. The minimum atomic E-state index is -3.60. The van der Waals surface area contributed by atoms with E-state index in [1.807, 2.05) is 0 Å². The lowest BCUT2D eigenvalue weighted by atomic mass is 10.2. The molecule has 1 aliphatic carbocycles. The molecule has 2 rings (SSSR count). The summed E-state index contributed by atoms with van der Waals surface area (Å²) in [5.74, 6) is 0.366. The van der Waals surface area contributed by atoms with Crippen molar-refractivity contribution in [1.82, 2.24) is 4.31 Å². The quantitative estimate of drug-likeness (QED) is 0.715. The van der Waals surface area contributed by atoms with E-state index in [0.717, 1.165) is 25.7 Å². The number of hydrogen-bond donors (Lipinski definition) is 0. The largest absolute Gasteiger partial charge is 0.495 e. The van der Waals surface area contributed by atoms with Gasteiger partial charge in [0.15, 0.2) is 0 Å². The van der Waals surface area contributed by atoms with Gasteiger partial charge in [0.1, 0.15) is 10.6 Å². The molecule has 0 unspecified atom stereocenters. The lowest BCUT2D eigenvalue weighted by molar-refractivity contribution is 0.343. The monoisotopic (exact) mass is 373 g/mol. The van der Waals surface area contributed by atoms with E-state index in [2.05, 4.69) is 22.5 Å². The summed E-state index contributed by atoms with van der Waals surface area (Å²) in [5, 5.41) is 0. The Morgan fingerprint density at radius 1 is 1.43 bits per heavy atom. The molecule has 1 saturated carbocycles. The van der Waals surface area contributed by atoms with Crippen LogP contribution in [-0.4, -0.2) is 32.4 Å². The number of benzene rings is 1. The summed E-state index contributed by atoms with van der Waals surface area (Å²) in [5.41, 5.74) is 0. The van der Waals surface area contributed by atoms with Gasteiger partial charge in [0.05, 0.1) is 7.11 Å². The molecule has 0 bridgehead atoms. The highest BCUT2D eigenvalue weighted by Gasteiger charge is 2.34. The highest BCUT2D eigenvalue weighted by atomic mass is 79.9. The molecule has 4 nitrogen and oxygen atoms in total. The number of methoxy groups -OCH3 is 1. The average molecular weight is 374 g/mol. The third-order valence-electron chi connectivity index (χ3n) is 3.75. The first kappa shape index (κ1) is 16.5. The number of nitrogens with zero attached hydrogens (tertiary/aromatic N) is 1. The standard InChI is InChI=1S/C15H20BrNO3S/c1-3-10-17(13-6-4-5-7-13)21(18,19)15-11-12(16)8-9-14(15)20-2/h3,8-9,11,13H,1,4-7,10H2,2H3. The number of halogens is 1. The molecular weight excluding hydrogens is 354 g/mol. The van der Waals surface area contributed by atoms with E-state index in [-0.39, 0.29) is 10.9 Å². The Morgan fingerprint density at radius 3 is 2.67 bits per heavy atom. The van der Waals surface area contributed by atoms with Gasteiger partial charge in [0.25, 0.3) is 0 Å². The molecule has 0 amide bonds. The van der Waals surface area contributed by atoms with Crippen molar-refractivity contribution in [2.45, 2.75) is 36.6 Å². The van der Waals surface area contributed by atoms with Crippen LogP contribution in [0.15, 0.2) is 40.2 Å². The van der Waals surface area contributed by atoms with Crippen LogP contribution >= 0.6 is 15.9 Å². The Morgan fingerprint density at radius 2 is 2.10 bits per heavy atom. The van der Waals surface area contributed by atoms with Gasteiger partial charge in [-0.05, 0) is 31.0 Å². The predicted molar refractivity (Wildman–Crippen MR) is 87.0 cm³/mol. The molecule has 116 valence electrons. The molecule has 0 spiro atoms. The summed E-state index contributed by atoms with van der Waals surface area (Å²) in [7, 11) is -2.12. The number of sulfonamides is 1. The summed E-state index contributed by atoms with van der Waals surface area (Å²) < 4.78 is 33.5. The molecule has 1 aromatic rings. The maximum Gasteiger partial charge on any atom is 0.247 e. The molecular formula is C15H20BrNO3S. The Kier molecular flexibility index (Phi) is 5.46. The molecule has 0 heterocycles. The van der Waals surface area contributed by atoms with E-state index in [9.17, 15) is 8.42 Å². The Labute approximate surface area is 135 Å². The third kappa shape index (κ3) is 3.49. The first-order valence-electron chi connectivity index (χ1n) is 6.97. The molecule has 6 heteroatoms. The van der Waals surface area contributed by atoms with E-state index in [4.69, 9.17) is 4.74 Å². The van der Waals surface area contributed by atoms with Gasteiger partial charge in [-0.2, -0.15) is 4.31 Å². The van der Waals surface area contributed by atoms with Crippen LogP contribution in [0.1, 0.15) is 25.7 Å². The topological polar surface area (TPSA) is 46.6 Å². The average Bonchev–Trinajstić information content (AvgIpc) is 2.98. The molecule has 0 aromatic heterocycles. The van der Waals surface area contributed by atoms with Gasteiger partial charge >= 0.3 is 0 Å². The maximum atomic E-state index is 13.0. The maximum absolute atomic E-state index is 13.0. The molecule has 1 aliphatic rings. The van der Waals surface area contributed by atoms with E-state index >= 15 is 0 Å². The molecule has 0 aliphatic heterocycles. The van der Waals surface area contributed by atoms with Crippen molar-refractivity contribution in [3.05, 3.63) is 35.3 Å². The van der Waals surface area contributed by atoms with Crippen molar-refractivity contribution in [1.29, 1.82) is 0 Å². The SMILES string of the molecule is C=CCN(C1CCCC1)S(=O)(=O)c1cc(Br)ccc1OC. The fourth-order valence-corrected chi connectivity index (χ4v) is 5.09. The minimum Gasteiger partial charge on any atom is -0.495 e. The minimum absolute atomic E-state index is 0.0525. The fraction of sp³-hybridized carbons (Fsp3) is 0.467. The van der Waals surface area contributed by atoms with Crippen molar-refractivity contribution < 1.29 is 13.2 Å². The van der Waals surface area contributed by atoms with Crippen LogP contribution in [0, 0.1) is 0 Å². The molecule has 21 heavy (non-hydrogen) atoms. The van der Waals surface area contributed by atoms with E-state index in [1.165, 1.54) is 7.11 Å². The normalized spacial score (nSPS) is 16.3. The lowest BCUT2D eigenvalue weighted by Crippen LogP contribution is -2.39. The van der Waals surface area contributed by atoms with E-state index in [0.29, 0.717) is 16.8 Å². The summed E-state index contributed by atoms with van der Waals surface area (Å²) in [6.07, 6.45) is 5.60. The van der Waals surface area contributed by atoms with Gasteiger partial charge in [-0.3, -0.25) is 0 Å². The Bertz CT molecular complexity index is 609. The number of rotatable bonds is 6. The third-order valence-corrected chi connectivity index (χ3v) is 6.19. The van der Waals surface area contributed by atoms with Gasteiger partial charge in [-0.25, -0.2) is 8.42 Å². The molecule has 0 radical (unpaired) electrons. The summed E-state index contributed by atoms with van der Waals surface area (Å²) in [4.78, 5) is 0.202. The number of ether oxygens (including phenoxy) is 1. The van der Waals surface area contributed by atoms with Gasteiger partial charge in [0.2, 0.25) is 10.0 Å². The second-order valence-corrected chi connectivity index (χ2v) is 7.87. The van der Waals surface area contributed by atoms with Crippen molar-refractivity contribution in [3.8, 4) is 5.75 Å². The summed E-state index contributed by atoms with van der Waals surface area (Å²) in [6.45, 7) is 4.01. The zero-order valence-electron chi connectivity index (χ0n) is 12.1. The van der Waals surface area contributed by atoms with Gasteiger partial charge in [0, 0.05) is 17.1 Å². The lowest BCUT2D eigenvalue weighted by Gasteiger charge is -2.27. The van der Waals surface area contributed by atoms with Crippen LogP contribution in [-0.2, 0) is 10.0 Å². The molecule has 0 atom stereocenters. The van der Waals surface area contributed by atoms with Crippen molar-refractivity contribution in [3.63, 3.8) is 0 Å². The molecule has 1 aromatic carbocycles. The van der Waals surface area contributed by atoms with E-state index < -0.39 is 10.0 Å².